The van der Waals surface area contributed by atoms with Gasteiger partial charge in [0.25, 0.3) is 11.5 Å². The highest BCUT2D eigenvalue weighted by atomic mass is 32.2. The molecule has 1 amide bonds. The molecule has 3 N–H and O–H groups in total. The Kier molecular flexibility index (Phi) is 8.02. The van der Waals surface area contributed by atoms with Gasteiger partial charge in [0.05, 0.1) is 4.90 Å². The third kappa shape index (κ3) is 5.28. The molecule has 0 radical (unpaired) electrons. The van der Waals surface area contributed by atoms with Gasteiger partial charge in [0.2, 0.25) is 10.0 Å². The largest absolute Gasteiger partial charge is 0.383 e. The highest BCUT2D eigenvalue weighted by molar-refractivity contribution is 7.89. The molecule has 2 rings (SSSR count). The third-order valence-corrected chi connectivity index (χ3v) is 6.72. The first-order chi connectivity index (χ1) is 14.9. The minimum Gasteiger partial charge on any atom is -0.383 e. The average molecular weight is 466 g/mol. The maximum Gasteiger partial charge on any atom is 0.330 e. The number of hydrogen-bond acceptors (Lipinski definition) is 6. The molecule has 0 aliphatic carbocycles. The average Bonchev–Trinajstić information content (AvgIpc) is 2.71. The summed E-state index contributed by atoms with van der Waals surface area (Å²) in [6, 6.07) is 5.46. The summed E-state index contributed by atoms with van der Waals surface area (Å²) in [5, 5.41) is 0. The van der Waals surface area contributed by atoms with Crippen LogP contribution >= 0.6 is 0 Å². The Labute approximate surface area is 187 Å². The van der Waals surface area contributed by atoms with Gasteiger partial charge >= 0.3 is 5.69 Å². The summed E-state index contributed by atoms with van der Waals surface area (Å²) >= 11 is 0. The predicted octanol–water partition coefficient (Wildman–Crippen LogP) is 1.47. The van der Waals surface area contributed by atoms with Crippen LogP contribution in [0.3, 0.4) is 0 Å². The van der Waals surface area contributed by atoms with Gasteiger partial charge in [-0.1, -0.05) is 27.2 Å². The molecule has 0 aliphatic heterocycles. The lowest BCUT2D eigenvalue weighted by molar-refractivity contribution is 0.0983. The Balaban J connectivity index is 2.57. The van der Waals surface area contributed by atoms with Crippen molar-refractivity contribution in [2.75, 3.05) is 31.3 Å². The maximum absolute atomic E-state index is 13.4. The summed E-state index contributed by atoms with van der Waals surface area (Å²) in [5.41, 5.74) is 4.92. The molecule has 1 aromatic heterocycles. The molecular weight excluding hydrogens is 434 g/mol. The van der Waals surface area contributed by atoms with Gasteiger partial charge in [-0.25, -0.2) is 17.5 Å². The first kappa shape index (κ1) is 25.3. The van der Waals surface area contributed by atoms with Gasteiger partial charge in [-0.05, 0) is 36.6 Å². The van der Waals surface area contributed by atoms with E-state index in [0.29, 0.717) is 13.0 Å². The number of anilines is 2. The monoisotopic (exact) mass is 465 g/mol. The quantitative estimate of drug-likeness (QED) is 0.575. The van der Waals surface area contributed by atoms with Crippen LogP contribution in [0.25, 0.3) is 0 Å². The second kappa shape index (κ2) is 10.1. The van der Waals surface area contributed by atoms with Crippen molar-refractivity contribution in [1.29, 1.82) is 0 Å². The minimum atomic E-state index is -3.65. The summed E-state index contributed by atoms with van der Waals surface area (Å²) in [6.45, 7) is 6.21. The van der Waals surface area contributed by atoms with Crippen LogP contribution in [0.4, 0.5) is 11.5 Å². The zero-order valence-electron chi connectivity index (χ0n) is 19.1. The first-order valence-electron chi connectivity index (χ1n) is 10.4. The van der Waals surface area contributed by atoms with Crippen molar-refractivity contribution in [2.24, 2.45) is 5.92 Å². The van der Waals surface area contributed by atoms with Crippen LogP contribution in [-0.2, 0) is 16.6 Å². The van der Waals surface area contributed by atoms with E-state index < -0.39 is 27.2 Å². The van der Waals surface area contributed by atoms with Crippen molar-refractivity contribution in [3.63, 3.8) is 0 Å². The van der Waals surface area contributed by atoms with Crippen LogP contribution in [0.15, 0.2) is 38.8 Å². The zero-order chi connectivity index (χ0) is 24.2. The lowest BCUT2D eigenvalue weighted by atomic mass is 10.1. The van der Waals surface area contributed by atoms with Crippen molar-refractivity contribution in [3.05, 3.63) is 50.7 Å². The van der Waals surface area contributed by atoms with Crippen LogP contribution < -0.4 is 21.9 Å². The summed E-state index contributed by atoms with van der Waals surface area (Å²) in [7, 11) is -0.812. The molecule has 0 aliphatic rings. The van der Waals surface area contributed by atoms with E-state index in [1.54, 1.807) is 0 Å². The lowest BCUT2D eigenvalue weighted by Gasteiger charge is -2.26. The molecule has 1 heterocycles. The van der Waals surface area contributed by atoms with Gasteiger partial charge in [-0.3, -0.25) is 19.1 Å². The SMILES string of the molecule is CCCCn1c(N)c(N(CC(C)C)C(=O)c2ccc(S(=O)(=O)N(C)C)cc2)c(=O)[nH]c1=O. The van der Waals surface area contributed by atoms with Crippen LogP contribution in [0, 0.1) is 5.92 Å². The highest BCUT2D eigenvalue weighted by Crippen LogP contribution is 2.22. The fourth-order valence-electron chi connectivity index (χ4n) is 3.15. The van der Waals surface area contributed by atoms with E-state index in [4.69, 9.17) is 5.73 Å². The molecule has 0 saturated carbocycles. The minimum absolute atomic E-state index is 0.0119. The second-order valence-corrected chi connectivity index (χ2v) is 10.3. The summed E-state index contributed by atoms with van der Waals surface area (Å²) in [5.74, 6) is -0.611. The molecule has 10 nitrogen and oxygen atoms in total. The number of rotatable bonds is 9. The molecule has 0 bridgehead atoms. The number of nitrogen functional groups attached to an aromatic ring is 1. The maximum atomic E-state index is 13.4. The van der Waals surface area contributed by atoms with Crippen molar-refractivity contribution >= 4 is 27.4 Å². The number of benzene rings is 1. The van der Waals surface area contributed by atoms with Crippen molar-refractivity contribution in [3.8, 4) is 0 Å². The van der Waals surface area contributed by atoms with Crippen LogP contribution in [0.1, 0.15) is 44.0 Å². The van der Waals surface area contributed by atoms with Gasteiger partial charge in [0.15, 0.2) is 5.69 Å². The Hall–Kier alpha value is -2.92. The third-order valence-electron chi connectivity index (χ3n) is 4.89. The second-order valence-electron chi connectivity index (χ2n) is 8.12. The molecule has 32 heavy (non-hydrogen) atoms. The lowest BCUT2D eigenvalue weighted by Crippen LogP contribution is -2.42. The van der Waals surface area contributed by atoms with E-state index in [2.05, 4.69) is 4.98 Å². The fourth-order valence-corrected chi connectivity index (χ4v) is 4.06. The van der Waals surface area contributed by atoms with Crippen molar-refractivity contribution in [2.45, 2.75) is 45.1 Å². The van der Waals surface area contributed by atoms with E-state index >= 15 is 0 Å². The highest BCUT2D eigenvalue weighted by Gasteiger charge is 2.26. The van der Waals surface area contributed by atoms with E-state index in [1.807, 2.05) is 20.8 Å². The first-order valence-corrected chi connectivity index (χ1v) is 11.8. The normalized spacial score (nSPS) is 11.8. The molecule has 0 spiro atoms. The molecular formula is C21H31N5O5S. The standard InChI is InChI=1S/C21H31N5O5S/c1-6-7-12-25-18(22)17(19(27)23-21(25)29)26(13-14(2)3)20(28)15-8-10-16(11-9-15)32(30,31)24(4)5/h8-11,14H,6-7,12-13,22H2,1-5H3,(H,23,27,29). The van der Waals surface area contributed by atoms with Crippen LogP contribution in [0.2, 0.25) is 0 Å². The van der Waals surface area contributed by atoms with Gasteiger partial charge in [0.1, 0.15) is 5.82 Å². The van der Waals surface area contributed by atoms with E-state index in [9.17, 15) is 22.8 Å². The van der Waals surface area contributed by atoms with Gasteiger partial charge < -0.3 is 10.6 Å². The van der Waals surface area contributed by atoms with E-state index in [-0.39, 0.29) is 34.4 Å². The number of nitrogens with one attached hydrogen (secondary N) is 1. The number of aromatic amines is 1. The van der Waals surface area contributed by atoms with Crippen molar-refractivity contribution < 1.29 is 13.2 Å². The van der Waals surface area contributed by atoms with Gasteiger partial charge in [0, 0.05) is 32.7 Å². The molecule has 2 aromatic rings. The number of nitrogens with zero attached hydrogens (tertiary/aromatic N) is 3. The topological polar surface area (TPSA) is 139 Å². The Morgan fingerprint density at radius 3 is 2.25 bits per heavy atom. The zero-order valence-corrected chi connectivity index (χ0v) is 19.9. The van der Waals surface area contributed by atoms with Crippen LogP contribution in [-0.4, -0.2) is 48.8 Å². The smallest absolute Gasteiger partial charge is 0.330 e. The molecule has 0 unspecified atom stereocenters. The van der Waals surface area contributed by atoms with E-state index in [0.717, 1.165) is 10.7 Å². The number of aromatic nitrogens is 2. The number of hydrogen-bond donors (Lipinski definition) is 2. The number of H-pyrrole nitrogens is 1. The molecule has 0 atom stereocenters. The summed E-state index contributed by atoms with van der Waals surface area (Å²) < 4.78 is 26.9. The number of nitrogens with two attached hydrogens (primary N) is 1. The number of amides is 1. The molecule has 1 aromatic carbocycles. The Morgan fingerprint density at radius 2 is 1.75 bits per heavy atom. The molecule has 0 saturated heterocycles. The van der Waals surface area contributed by atoms with Gasteiger partial charge in [-0.2, -0.15) is 0 Å². The van der Waals surface area contributed by atoms with E-state index in [1.165, 1.54) is 47.8 Å². The fraction of sp³-hybridized carbons (Fsp3) is 0.476. The summed E-state index contributed by atoms with van der Waals surface area (Å²) in [6.07, 6.45) is 1.49. The van der Waals surface area contributed by atoms with Crippen LogP contribution in [0.5, 0.6) is 0 Å². The number of sulfonamides is 1. The van der Waals surface area contributed by atoms with Gasteiger partial charge in [-0.15, -0.1) is 0 Å². The molecule has 176 valence electrons. The Morgan fingerprint density at radius 1 is 1.16 bits per heavy atom. The predicted molar refractivity (Wildman–Crippen MR) is 124 cm³/mol. The summed E-state index contributed by atoms with van der Waals surface area (Å²) in [4.78, 5) is 41.8. The van der Waals surface area contributed by atoms with Crippen molar-refractivity contribution in [1.82, 2.24) is 13.9 Å². The molecule has 0 fully saturated rings. The number of unbranched alkanes of at least 4 members (excludes halogenated alkanes) is 1. The number of carbonyl (C=O) groups excluding carboxylic acids is 1. The Bertz CT molecular complexity index is 1180. The number of carbonyl (C=O) groups is 1. The molecule has 11 heteroatoms.